The number of aliphatic hydroxyl groups is 1. The average molecular weight is 528 g/mol. The number of carbonyl (C=O) groups excluding carboxylic acids is 1. The molecule has 0 aliphatic carbocycles. The molecule has 0 bridgehead atoms. The highest BCUT2D eigenvalue weighted by Crippen LogP contribution is 2.31. The van der Waals surface area contributed by atoms with Gasteiger partial charge in [-0.25, -0.2) is 19.4 Å². The van der Waals surface area contributed by atoms with Crippen molar-refractivity contribution in [2.75, 3.05) is 38.7 Å². The van der Waals surface area contributed by atoms with Gasteiger partial charge in [0.2, 0.25) is 0 Å². The monoisotopic (exact) mass is 527 g/mol. The number of anilines is 1. The van der Waals surface area contributed by atoms with Crippen LogP contribution in [-0.2, 0) is 11.3 Å². The smallest absolute Gasteiger partial charge is 0.320 e. The summed E-state index contributed by atoms with van der Waals surface area (Å²) in [5, 5.41) is 20.4. The van der Waals surface area contributed by atoms with E-state index in [2.05, 4.69) is 37.6 Å². The number of carbonyl (C=O) groups is 1. The maximum Gasteiger partial charge on any atom is 0.320 e. The lowest BCUT2D eigenvalue weighted by Crippen LogP contribution is -2.42. The Bertz CT molecular complexity index is 1380. The summed E-state index contributed by atoms with van der Waals surface area (Å²) in [5.41, 5.74) is 4.12. The average Bonchev–Trinajstić information content (AvgIpc) is 3.53. The Morgan fingerprint density at radius 1 is 1.05 bits per heavy atom. The number of benzene rings is 2. The zero-order valence-corrected chi connectivity index (χ0v) is 22.1. The van der Waals surface area contributed by atoms with Gasteiger partial charge < -0.3 is 15.2 Å². The fourth-order valence-electron chi connectivity index (χ4n) is 5.02. The molecule has 5 rings (SSSR count). The first kappa shape index (κ1) is 26.5. The summed E-state index contributed by atoms with van der Waals surface area (Å²) in [5.74, 6) is 1.05. The number of hydrogen-bond acceptors (Lipinski definition) is 7. The molecule has 10 heteroatoms. The number of rotatable bonds is 9. The summed E-state index contributed by atoms with van der Waals surface area (Å²) >= 11 is 0. The number of para-hydroxylation sites is 1. The van der Waals surface area contributed by atoms with Crippen LogP contribution in [0.25, 0.3) is 16.9 Å². The van der Waals surface area contributed by atoms with Gasteiger partial charge in [0.15, 0.2) is 5.82 Å². The Labute approximate surface area is 227 Å². The lowest BCUT2D eigenvalue weighted by Gasteiger charge is -2.21. The van der Waals surface area contributed by atoms with E-state index in [9.17, 15) is 9.90 Å². The number of amides is 2. The van der Waals surface area contributed by atoms with E-state index in [1.165, 1.54) is 5.56 Å². The summed E-state index contributed by atoms with van der Waals surface area (Å²) in [6.45, 7) is 4.69. The van der Waals surface area contributed by atoms with Gasteiger partial charge in [0.25, 0.3) is 0 Å². The highest BCUT2D eigenvalue weighted by atomic mass is 16.5. The molecule has 0 radical (unpaired) electrons. The van der Waals surface area contributed by atoms with E-state index in [0.29, 0.717) is 29.5 Å². The minimum absolute atomic E-state index is 0.0726. The van der Waals surface area contributed by atoms with Crippen molar-refractivity contribution in [1.82, 2.24) is 30.0 Å². The number of methoxy groups -OCH3 is 1. The number of nitrogens with one attached hydrogen (secondary N) is 2. The van der Waals surface area contributed by atoms with Gasteiger partial charge in [-0.3, -0.25) is 10.2 Å². The summed E-state index contributed by atoms with van der Waals surface area (Å²) in [6, 6.07) is 19.6. The molecule has 1 fully saturated rings. The second-order valence-electron chi connectivity index (χ2n) is 9.59. The summed E-state index contributed by atoms with van der Waals surface area (Å²) in [4.78, 5) is 24.2. The number of ether oxygens (including phenoxy) is 1. The number of likely N-dealkylation sites (tertiary alicyclic amines) is 1. The summed E-state index contributed by atoms with van der Waals surface area (Å²) in [7, 11) is 1.70. The first-order valence-corrected chi connectivity index (χ1v) is 13.0. The molecule has 1 aliphatic heterocycles. The van der Waals surface area contributed by atoms with Gasteiger partial charge in [0.05, 0.1) is 18.3 Å². The fourth-order valence-corrected chi connectivity index (χ4v) is 5.02. The van der Waals surface area contributed by atoms with Crippen molar-refractivity contribution in [3.05, 3.63) is 90.0 Å². The number of urea groups is 1. The predicted octanol–water partition coefficient (Wildman–Crippen LogP) is 3.37. The van der Waals surface area contributed by atoms with Crippen LogP contribution >= 0.6 is 0 Å². The van der Waals surface area contributed by atoms with Crippen LogP contribution in [0.4, 0.5) is 10.6 Å². The van der Waals surface area contributed by atoms with Crippen molar-refractivity contribution in [2.24, 2.45) is 0 Å². The van der Waals surface area contributed by atoms with Crippen LogP contribution in [0.15, 0.2) is 73.1 Å². The molecule has 2 atom stereocenters. The Morgan fingerprint density at radius 2 is 1.74 bits per heavy atom. The number of aromatic nitrogens is 4. The molecule has 1 aliphatic rings. The topological polar surface area (TPSA) is 117 Å². The molecule has 2 aromatic carbocycles. The molecular formula is C29H33N7O3. The molecule has 4 aromatic rings. The molecule has 1 saturated heterocycles. The van der Waals surface area contributed by atoms with Gasteiger partial charge in [-0.15, -0.1) is 0 Å². The van der Waals surface area contributed by atoms with E-state index in [1.807, 2.05) is 55.5 Å². The van der Waals surface area contributed by atoms with E-state index >= 15 is 0 Å². The largest absolute Gasteiger partial charge is 0.388 e. The second kappa shape index (κ2) is 12.2. The van der Waals surface area contributed by atoms with Crippen LogP contribution in [0.3, 0.4) is 0 Å². The molecule has 3 N–H and O–H groups in total. The number of aliphatic hydroxyl groups excluding tert-OH is 1. The molecule has 0 spiro atoms. The third kappa shape index (κ3) is 5.98. The van der Waals surface area contributed by atoms with Crippen LogP contribution < -0.4 is 10.6 Å². The Balaban J connectivity index is 1.41. The van der Waals surface area contributed by atoms with Crippen molar-refractivity contribution < 1.29 is 14.6 Å². The molecule has 0 unspecified atom stereocenters. The van der Waals surface area contributed by atoms with E-state index in [1.54, 1.807) is 24.2 Å². The maximum atomic E-state index is 13.5. The number of nitrogens with zero attached hydrogens (tertiary/aromatic N) is 5. The van der Waals surface area contributed by atoms with Gasteiger partial charge in [-0.1, -0.05) is 48.5 Å². The SMILES string of the molecule is COCCN1C[C@@H](NC(=O)Nc2c(C)c(-c3cnc(CO)nc3)nn2-c2ccccc2)[C@H](c2ccccc2)C1. The quantitative estimate of drug-likeness (QED) is 0.306. The lowest BCUT2D eigenvalue weighted by atomic mass is 9.94. The zero-order chi connectivity index (χ0) is 27.2. The van der Waals surface area contributed by atoms with Crippen LogP contribution in [0.2, 0.25) is 0 Å². The third-order valence-electron chi connectivity index (χ3n) is 7.03. The van der Waals surface area contributed by atoms with E-state index in [0.717, 1.165) is 30.9 Å². The lowest BCUT2D eigenvalue weighted by molar-refractivity contribution is 0.159. The van der Waals surface area contributed by atoms with Gasteiger partial charge >= 0.3 is 6.03 Å². The van der Waals surface area contributed by atoms with Crippen LogP contribution in [0.5, 0.6) is 0 Å². The normalized spacial score (nSPS) is 17.3. The zero-order valence-electron chi connectivity index (χ0n) is 22.1. The van der Waals surface area contributed by atoms with E-state index in [-0.39, 0.29) is 24.6 Å². The molecule has 0 saturated carbocycles. The second-order valence-corrected chi connectivity index (χ2v) is 9.59. The highest BCUT2D eigenvalue weighted by molar-refractivity contribution is 5.91. The molecule has 2 aromatic heterocycles. The van der Waals surface area contributed by atoms with Crippen molar-refractivity contribution >= 4 is 11.8 Å². The minimum atomic E-state index is -0.298. The van der Waals surface area contributed by atoms with Crippen molar-refractivity contribution in [2.45, 2.75) is 25.5 Å². The van der Waals surface area contributed by atoms with Gasteiger partial charge in [-0.05, 0) is 24.6 Å². The molecule has 10 nitrogen and oxygen atoms in total. The Hall–Kier alpha value is -4.12. The van der Waals surface area contributed by atoms with Crippen molar-refractivity contribution in [3.63, 3.8) is 0 Å². The Kier molecular flexibility index (Phi) is 8.26. The molecule has 2 amide bonds. The van der Waals surface area contributed by atoms with E-state index in [4.69, 9.17) is 9.84 Å². The van der Waals surface area contributed by atoms with Crippen LogP contribution in [-0.4, -0.2) is 75.2 Å². The molecule has 39 heavy (non-hydrogen) atoms. The minimum Gasteiger partial charge on any atom is -0.388 e. The maximum absolute atomic E-state index is 13.5. The van der Waals surface area contributed by atoms with Gasteiger partial charge in [-0.2, -0.15) is 5.10 Å². The molecule has 202 valence electrons. The van der Waals surface area contributed by atoms with Gasteiger partial charge in [0.1, 0.15) is 18.1 Å². The molecular weight excluding hydrogens is 494 g/mol. The van der Waals surface area contributed by atoms with Crippen LogP contribution in [0, 0.1) is 6.92 Å². The summed E-state index contributed by atoms with van der Waals surface area (Å²) < 4.78 is 7.01. The molecule has 3 heterocycles. The Morgan fingerprint density at radius 3 is 2.41 bits per heavy atom. The number of hydrogen-bond donors (Lipinski definition) is 3. The van der Waals surface area contributed by atoms with Crippen molar-refractivity contribution in [3.8, 4) is 16.9 Å². The first-order chi connectivity index (χ1) is 19.1. The van der Waals surface area contributed by atoms with Crippen LogP contribution in [0.1, 0.15) is 22.9 Å². The van der Waals surface area contributed by atoms with Gasteiger partial charge in [0, 0.05) is 56.2 Å². The summed E-state index contributed by atoms with van der Waals surface area (Å²) in [6.07, 6.45) is 3.26. The van der Waals surface area contributed by atoms with Crippen molar-refractivity contribution in [1.29, 1.82) is 0 Å². The standard InChI is InChI=1S/C29H33N7O3/c1-20-27(22-15-30-26(19-37)31-16-22)34-36(23-11-7-4-8-12-23)28(20)33-29(38)32-25-18-35(13-14-39-2)17-24(25)21-9-5-3-6-10-21/h3-12,15-16,24-25,37H,13-14,17-19H2,1-2H3,(H2,32,33,38)/t24-,25+/m0/s1. The highest BCUT2D eigenvalue weighted by Gasteiger charge is 2.35. The first-order valence-electron chi connectivity index (χ1n) is 13.0. The van der Waals surface area contributed by atoms with E-state index < -0.39 is 0 Å². The predicted molar refractivity (Wildman–Crippen MR) is 149 cm³/mol. The fraction of sp³-hybridized carbons (Fsp3) is 0.310. The third-order valence-corrected chi connectivity index (χ3v) is 7.03.